The van der Waals surface area contributed by atoms with Crippen molar-refractivity contribution in [1.82, 2.24) is 10.3 Å². The van der Waals surface area contributed by atoms with Gasteiger partial charge in [0.25, 0.3) is 0 Å². The Morgan fingerprint density at radius 1 is 1.13 bits per heavy atom. The number of carbonyl (C=O) groups is 1. The van der Waals surface area contributed by atoms with Gasteiger partial charge < -0.3 is 26.2 Å². The molecule has 0 fully saturated rings. The maximum Gasteiger partial charge on any atom is 0.224 e. The summed E-state index contributed by atoms with van der Waals surface area (Å²) in [4.78, 5) is 15.2. The lowest BCUT2D eigenvalue weighted by atomic mass is 10.1. The first-order valence-electron chi connectivity index (χ1n) is 9.99. The number of hydrogen-bond donors (Lipinski definition) is 4. The minimum atomic E-state index is 0. The van der Waals surface area contributed by atoms with Crippen molar-refractivity contribution >= 4 is 34.9 Å². The summed E-state index contributed by atoms with van der Waals surface area (Å²) < 4.78 is 0. The number of phenolic OH excluding ortho intramolecular Hbond substituents is 1. The molecule has 0 spiro atoms. The molecular formula is C23H32ClN3O3. The lowest BCUT2D eigenvalue weighted by Crippen LogP contribution is -2.28. The van der Waals surface area contributed by atoms with Crippen LogP contribution in [0.2, 0.25) is 0 Å². The second kappa shape index (κ2) is 12.9. The van der Waals surface area contributed by atoms with Crippen LogP contribution in [0.4, 0.5) is 5.69 Å². The molecule has 164 valence electrons. The number of carbonyl (C=O) groups excluding carboxylic acids is 1. The Bertz CT molecular complexity index is 899. The van der Waals surface area contributed by atoms with Gasteiger partial charge in [-0.2, -0.15) is 0 Å². The van der Waals surface area contributed by atoms with Gasteiger partial charge in [0.05, 0.1) is 0 Å². The number of unbranched alkanes of at least 4 members (excludes halogenated alkanes) is 1. The zero-order chi connectivity index (χ0) is 19.8. The third-order valence-corrected chi connectivity index (χ3v) is 4.99. The van der Waals surface area contributed by atoms with E-state index in [1.807, 2.05) is 48.7 Å². The quantitative estimate of drug-likeness (QED) is 0.360. The molecule has 1 aromatic heterocycles. The first kappa shape index (κ1) is 25.5. The molecule has 1 heterocycles. The smallest absolute Gasteiger partial charge is 0.224 e. The predicted octanol–water partition coefficient (Wildman–Crippen LogP) is 4.19. The Labute approximate surface area is 183 Å². The minimum absolute atomic E-state index is 0. The maximum atomic E-state index is 11.9. The van der Waals surface area contributed by atoms with E-state index in [2.05, 4.69) is 22.5 Å². The van der Waals surface area contributed by atoms with Crippen LogP contribution in [-0.2, 0) is 11.2 Å². The first-order valence-corrected chi connectivity index (χ1v) is 9.99. The first-order chi connectivity index (χ1) is 13.6. The number of aromatic nitrogens is 1. The van der Waals surface area contributed by atoms with Crippen molar-refractivity contribution in [3.05, 3.63) is 60.3 Å². The molecule has 1 amide bonds. The van der Waals surface area contributed by atoms with E-state index in [1.54, 1.807) is 6.07 Å². The summed E-state index contributed by atoms with van der Waals surface area (Å²) >= 11 is 0. The highest BCUT2D eigenvalue weighted by molar-refractivity contribution is 5.90. The minimum Gasteiger partial charge on any atom is -0.508 e. The van der Waals surface area contributed by atoms with Crippen LogP contribution in [0, 0.1) is 0 Å². The molecule has 7 heteroatoms. The Morgan fingerprint density at radius 2 is 1.90 bits per heavy atom. The molecule has 0 bridgehead atoms. The largest absolute Gasteiger partial charge is 0.508 e. The Balaban J connectivity index is 0.00000225. The van der Waals surface area contributed by atoms with Gasteiger partial charge in [-0.15, -0.1) is 12.4 Å². The van der Waals surface area contributed by atoms with Gasteiger partial charge in [0.15, 0.2) is 0 Å². The standard InChI is InChI=1S/C23H29N3O2.ClH.H2O/c1-17(7-5-6-10-23(28)26-19-8-3-2-4-9-19)24-14-13-18-16-25-22-12-11-20(27)15-21(18)22;;/h2-4,8-9,11-12,15-17,24-25,27H,5-7,10,13-14H2,1H3,(H,26,28);1H;1H2. The van der Waals surface area contributed by atoms with Crippen LogP contribution in [0.5, 0.6) is 5.75 Å². The van der Waals surface area contributed by atoms with Gasteiger partial charge in [0.2, 0.25) is 5.91 Å². The summed E-state index contributed by atoms with van der Waals surface area (Å²) in [6, 6.07) is 15.4. The lowest BCUT2D eigenvalue weighted by molar-refractivity contribution is -0.116. The number of hydrogen-bond acceptors (Lipinski definition) is 3. The number of rotatable bonds is 10. The molecule has 30 heavy (non-hydrogen) atoms. The van der Waals surface area contributed by atoms with Crippen LogP contribution < -0.4 is 10.6 Å². The monoisotopic (exact) mass is 433 g/mol. The van der Waals surface area contributed by atoms with E-state index in [-0.39, 0.29) is 23.8 Å². The van der Waals surface area contributed by atoms with Gasteiger partial charge in [-0.3, -0.25) is 4.79 Å². The van der Waals surface area contributed by atoms with E-state index in [0.717, 1.165) is 48.8 Å². The van der Waals surface area contributed by atoms with Gasteiger partial charge in [0, 0.05) is 35.2 Å². The molecule has 1 atom stereocenters. The van der Waals surface area contributed by atoms with Crippen LogP contribution in [-0.4, -0.2) is 34.1 Å². The molecule has 0 aliphatic heterocycles. The summed E-state index contributed by atoms with van der Waals surface area (Å²) in [6.45, 7) is 3.07. The number of amides is 1. The van der Waals surface area contributed by atoms with Crippen molar-refractivity contribution in [2.24, 2.45) is 0 Å². The van der Waals surface area contributed by atoms with Crippen molar-refractivity contribution in [2.75, 3.05) is 11.9 Å². The van der Waals surface area contributed by atoms with Crippen LogP contribution >= 0.6 is 12.4 Å². The highest BCUT2D eigenvalue weighted by Crippen LogP contribution is 2.23. The number of fused-ring (bicyclic) bond motifs is 1. The number of benzene rings is 2. The van der Waals surface area contributed by atoms with Crippen LogP contribution in [0.25, 0.3) is 10.9 Å². The molecule has 0 saturated carbocycles. The fourth-order valence-corrected chi connectivity index (χ4v) is 3.41. The predicted molar refractivity (Wildman–Crippen MR) is 126 cm³/mol. The summed E-state index contributed by atoms with van der Waals surface area (Å²) in [5.41, 5.74) is 3.12. The molecule has 3 rings (SSSR count). The summed E-state index contributed by atoms with van der Waals surface area (Å²) in [7, 11) is 0. The van der Waals surface area contributed by atoms with E-state index >= 15 is 0 Å². The number of H-pyrrole nitrogens is 1. The van der Waals surface area contributed by atoms with Crippen LogP contribution in [0.15, 0.2) is 54.7 Å². The van der Waals surface area contributed by atoms with Crippen molar-refractivity contribution in [3.8, 4) is 5.75 Å². The van der Waals surface area contributed by atoms with E-state index in [9.17, 15) is 9.90 Å². The molecule has 0 radical (unpaired) electrons. The number of para-hydroxylation sites is 1. The number of phenols is 1. The molecule has 0 saturated heterocycles. The molecule has 3 aromatic rings. The van der Waals surface area contributed by atoms with E-state index in [0.29, 0.717) is 18.2 Å². The second-order valence-electron chi connectivity index (χ2n) is 7.31. The number of anilines is 1. The fourth-order valence-electron chi connectivity index (χ4n) is 3.41. The van der Waals surface area contributed by atoms with Crippen molar-refractivity contribution < 1.29 is 15.4 Å². The van der Waals surface area contributed by atoms with Crippen molar-refractivity contribution in [2.45, 2.75) is 45.1 Å². The molecule has 0 aliphatic carbocycles. The van der Waals surface area contributed by atoms with E-state index < -0.39 is 0 Å². The van der Waals surface area contributed by atoms with Crippen molar-refractivity contribution in [3.63, 3.8) is 0 Å². The average Bonchev–Trinajstić information content (AvgIpc) is 3.08. The Morgan fingerprint density at radius 3 is 2.67 bits per heavy atom. The molecule has 0 aliphatic rings. The molecule has 6 N–H and O–H groups in total. The molecule has 2 aromatic carbocycles. The zero-order valence-electron chi connectivity index (χ0n) is 17.3. The summed E-state index contributed by atoms with van der Waals surface area (Å²) in [5, 5.41) is 17.2. The fraction of sp³-hybridized carbons (Fsp3) is 0.348. The average molecular weight is 434 g/mol. The van der Waals surface area contributed by atoms with Crippen molar-refractivity contribution in [1.29, 1.82) is 0 Å². The normalized spacial score (nSPS) is 11.4. The number of nitrogens with one attached hydrogen (secondary N) is 3. The van der Waals surface area contributed by atoms with Gasteiger partial charge in [-0.25, -0.2) is 0 Å². The summed E-state index contributed by atoms with van der Waals surface area (Å²) in [5.74, 6) is 0.375. The third-order valence-electron chi connectivity index (χ3n) is 4.99. The highest BCUT2D eigenvalue weighted by atomic mass is 35.5. The SMILES string of the molecule is CC(CCCCC(=O)Nc1ccccc1)NCCc1c[nH]c2ccc(O)cc12.Cl.O. The Kier molecular flexibility index (Phi) is 11.0. The molecule has 6 nitrogen and oxygen atoms in total. The maximum absolute atomic E-state index is 11.9. The lowest BCUT2D eigenvalue weighted by Gasteiger charge is -2.13. The number of halogens is 1. The van der Waals surface area contributed by atoms with Gasteiger partial charge >= 0.3 is 0 Å². The topological polar surface area (TPSA) is 109 Å². The van der Waals surface area contributed by atoms with E-state index in [4.69, 9.17) is 0 Å². The zero-order valence-corrected chi connectivity index (χ0v) is 18.1. The van der Waals surface area contributed by atoms with Gasteiger partial charge in [0.1, 0.15) is 5.75 Å². The molecule has 1 unspecified atom stereocenters. The number of aromatic hydroxyl groups is 1. The molecular weight excluding hydrogens is 402 g/mol. The third kappa shape index (κ3) is 7.71. The second-order valence-corrected chi connectivity index (χ2v) is 7.31. The van der Waals surface area contributed by atoms with Crippen LogP contribution in [0.1, 0.15) is 38.2 Å². The van der Waals surface area contributed by atoms with Crippen LogP contribution in [0.3, 0.4) is 0 Å². The van der Waals surface area contributed by atoms with Gasteiger partial charge in [-0.05, 0) is 68.6 Å². The van der Waals surface area contributed by atoms with Gasteiger partial charge in [-0.1, -0.05) is 24.6 Å². The summed E-state index contributed by atoms with van der Waals surface area (Å²) in [6.07, 6.45) is 6.45. The van der Waals surface area contributed by atoms with E-state index in [1.165, 1.54) is 5.56 Å². The number of aromatic amines is 1. The highest BCUT2D eigenvalue weighted by Gasteiger charge is 2.07. The Hall–Kier alpha value is -2.54.